The van der Waals surface area contributed by atoms with Gasteiger partial charge in [-0.05, 0) is 0 Å². The molecule has 5 heteroatoms. The van der Waals surface area contributed by atoms with Gasteiger partial charge in [-0.2, -0.15) is 4.39 Å². The Morgan fingerprint density at radius 2 is 1.77 bits per heavy atom. The Labute approximate surface area is 75.7 Å². The number of hydrogen-bond donors (Lipinski definition) is 1. The van der Waals surface area contributed by atoms with Crippen LogP contribution in [0.15, 0.2) is 30.3 Å². The minimum atomic E-state index is -4.17. The molecule has 72 valence electrons. The highest BCUT2D eigenvalue weighted by Gasteiger charge is 2.40. The van der Waals surface area contributed by atoms with Gasteiger partial charge in [0.05, 0.1) is 0 Å². The smallest absolute Gasteiger partial charge is 0.334 e. The summed E-state index contributed by atoms with van der Waals surface area (Å²) >= 11 is 0. The third kappa shape index (κ3) is 1.87. The molecule has 1 aromatic rings. The van der Waals surface area contributed by atoms with Gasteiger partial charge >= 0.3 is 5.19 Å². The molecule has 1 aromatic carbocycles. The normalized spacial score (nSPS) is 16.5. The number of rotatable bonds is 2. The second-order valence-corrected chi connectivity index (χ2v) is 4.78. The average molecular weight is 204 g/mol. The molecule has 3 nitrogen and oxygen atoms in total. The van der Waals surface area contributed by atoms with Gasteiger partial charge in [0.1, 0.15) is 0 Å². The van der Waals surface area contributed by atoms with Crippen LogP contribution in [0.4, 0.5) is 4.39 Å². The summed E-state index contributed by atoms with van der Waals surface area (Å²) in [6.45, 7) is 0. The van der Waals surface area contributed by atoms with Crippen LogP contribution in [0.2, 0.25) is 0 Å². The average Bonchev–Trinajstić information content (AvgIpc) is 2.04. The summed E-state index contributed by atoms with van der Waals surface area (Å²) in [4.78, 5) is 0. The predicted molar refractivity (Wildman–Crippen MR) is 46.3 cm³/mol. The van der Waals surface area contributed by atoms with E-state index in [1.807, 2.05) is 0 Å². The molecule has 0 aliphatic rings. The van der Waals surface area contributed by atoms with Crippen LogP contribution in [0, 0.1) is 0 Å². The lowest BCUT2D eigenvalue weighted by molar-refractivity contribution is -0.0106. The van der Waals surface area contributed by atoms with Gasteiger partial charge in [-0.1, -0.05) is 30.3 Å². The van der Waals surface area contributed by atoms with E-state index in [-0.39, 0.29) is 5.56 Å². The van der Waals surface area contributed by atoms with Crippen molar-refractivity contribution in [3.63, 3.8) is 0 Å². The predicted octanol–water partition coefficient (Wildman–Crippen LogP) is 0.803. The van der Waals surface area contributed by atoms with Gasteiger partial charge in [0, 0.05) is 11.8 Å². The van der Waals surface area contributed by atoms with Crippen molar-refractivity contribution in [2.24, 2.45) is 0 Å². The molecular formula is C8H9FO3S. The second kappa shape index (κ2) is 3.08. The van der Waals surface area contributed by atoms with E-state index in [9.17, 15) is 12.8 Å². The highest BCUT2D eigenvalue weighted by Crippen LogP contribution is 2.27. The lowest BCUT2D eigenvalue weighted by atomic mass is 10.2. The Kier molecular flexibility index (Phi) is 2.40. The van der Waals surface area contributed by atoms with Crippen molar-refractivity contribution in [3.05, 3.63) is 35.9 Å². The lowest BCUT2D eigenvalue weighted by Crippen LogP contribution is -2.29. The van der Waals surface area contributed by atoms with Crippen molar-refractivity contribution in [1.82, 2.24) is 0 Å². The molecule has 0 fully saturated rings. The van der Waals surface area contributed by atoms with Gasteiger partial charge in [0.25, 0.3) is 0 Å². The van der Waals surface area contributed by atoms with E-state index in [1.165, 1.54) is 24.3 Å². The van der Waals surface area contributed by atoms with Crippen molar-refractivity contribution in [2.75, 3.05) is 6.26 Å². The van der Waals surface area contributed by atoms with E-state index in [2.05, 4.69) is 0 Å². The maximum Gasteiger partial charge on any atom is 0.334 e. The topological polar surface area (TPSA) is 54.4 Å². The molecule has 13 heavy (non-hydrogen) atoms. The van der Waals surface area contributed by atoms with E-state index in [4.69, 9.17) is 5.11 Å². The third-order valence-corrected chi connectivity index (χ3v) is 2.84. The molecule has 0 heterocycles. The van der Waals surface area contributed by atoms with E-state index < -0.39 is 15.0 Å². The zero-order chi connectivity index (χ0) is 10.1. The van der Waals surface area contributed by atoms with Crippen LogP contribution in [-0.4, -0.2) is 19.8 Å². The highest BCUT2D eigenvalue weighted by atomic mass is 32.2. The molecule has 0 bridgehead atoms. The minimum Gasteiger partial charge on any atom is -0.346 e. The molecule has 1 rings (SSSR count). The van der Waals surface area contributed by atoms with Crippen LogP contribution >= 0.6 is 0 Å². The Hall–Kier alpha value is -0.940. The zero-order valence-corrected chi connectivity index (χ0v) is 7.75. The quantitative estimate of drug-likeness (QED) is 0.775. The van der Waals surface area contributed by atoms with Crippen molar-refractivity contribution < 1.29 is 17.9 Å². The fourth-order valence-electron chi connectivity index (χ4n) is 0.858. The number of hydrogen-bond acceptors (Lipinski definition) is 3. The number of aliphatic hydroxyl groups is 1. The zero-order valence-electron chi connectivity index (χ0n) is 6.94. The molecule has 1 atom stereocenters. The van der Waals surface area contributed by atoms with E-state index in [0.29, 0.717) is 6.26 Å². The van der Waals surface area contributed by atoms with Crippen molar-refractivity contribution in [2.45, 2.75) is 5.19 Å². The molecule has 1 N–H and O–H groups in total. The second-order valence-electron chi connectivity index (χ2n) is 2.70. The van der Waals surface area contributed by atoms with Crippen LogP contribution in [0.1, 0.15) is 5.56 Å². The standard InChI is InChI=1S/C8H9FO3S/c1-13(11,12)8(9,10)7-5-3-2-4-6-7/h2-6,10H,1H3. The van der Waals surface area contributed by atoms with Gasteiger partial charge in [0.15, 0.2) is 0 Å². The van der Waals surface area contributed by atoms with Crippen LogP contribution in [0.3, 0.4) is 0 Å². The number of benzene rings is 1. The number of sulfone groups is 1. The maximum absolute atomic E-state index is 13.3. The molecule has 0 spiro atoms. The fraction of sp³-hybridized carbons (Fsp3) is 0.250. The molecule has 0 amide bonds. The van der Waals surface area contributed by atoms with E-state index >= 15 is 0 Å². The molecular weight excluding hydrogens is 195 g/mol. The Morgan fingerprint density at radius 3 is 2.15 bits per heavy atom. The fourth-order valence-corrected chi connectivity index (χ4v) is 1.42. The lowest BCUT2D eigenvalue weighted by Gasteiger charge is -2.16. The van der Waals surface area contributed by atoms with Crippen molar-refractivity contribution in [3.8, 4) is 0 Å². The maximum atomic E-state index is 13.3. The summed E-state index contributed by atoms with van der Waals surface area (Å²) in [7, 11) is -4.17. The van der Waals surface area contributed by atoms with Gasteiger partial charge in [0.2, 0.25) is 9.84 Å². The van der Waals surface area contributed by atoms with Crippen LogP contribution < -0.4 is 0 Å². The largest absolute Gasteiger partial charge is 0.346 e. The SMILES string of the molecule is CS(=O)(=O)C(O)(F)c1ccccc1. The summed E-state index contributed by atoms with van der Waals surface area (Å²) in [6, 6.07) is 6.92. The first-order chi connectivity index (χ1) is 5.86. The third-order valence-electron chi connectivity index (χ3n) is 1.62. The summed E-state index contributed by atoms with van der Waals surface area (Å²) in [5.74, 6) is 0. The number of alkyl halides is 1. The first kappa shape index (κ1) is 10.1. The monoisotopic (exact) mass is 204 g/mol. The van der Waals surface area contributed by atoms with E-state index in [1.54, 1.807) is 6.07 Å². The molecule has 0 aliphatic carbocycles. The van der Waals surface area contributed by atoms with Gasteiger partial charge in [-0.3, -0.25) is 0 Å². The summed E-state index contributed by atoms with van der Waals surface area (Å²) in [5.41, 5.74) is -0.280. The molecule has 0 saturated carbocycles. The minimum absolute atomic E-state index is 0.280. The Bertz CT molecular complexity index is 383. The molecule has 1 unspecified atom stereocenters. The first-order valence-corrected chi connectivity index (χ1v) is 5.41. The Balaban J connectivity index is 3.24. The van der Waals surface area contributed by atoms with Crippen LogP contribution in [0.25, 0.3) is 0 Å². The summed E-state index contributed by atoms with van der Waals surface area (Å²) in [6.07, 6.45) is 0.639. The van der Waals surface area contributed by atoms with Gasteiger partial charge in [-0.15, -0.1) is 0 Å². The number of halogens is 1. The van der Waals surface area contributed by atoms with Crippen LogP contribution in [-0.2, 0) is 15.0 Å². The summed E-state index contributed by atoms with van der Waals surface area (Å²) < 4.78 is 35.0. The molecule has 0 radical (unpaired) electrons. The molecule has 0 aromatic heterocycles. The van der Waals surface area contributed by atoms with E-state index in [0.717, 1.165) is 0 Å². The highest BCUT2D eigenvalue weighted by molar-refractivity contribution is 7.91. The van der Waals surface area contributed by atoms with Crippen molar-refractivity contribution in [1.29, 1.82) is 0 Å². The van der Waals surface area contributed by atoms with Crippen molar-refractivity contribution >= 4 is 9.84 Å². The summed E-state index contributed by atoms with van der Waals surface area (Å²) in [5, 5.41) is 5.77. The first-order valence-electron chi connectivity index (χ1n) is 3.52. The van der Waals surface area contributed by atoms with Gasteiger partial charge in [-0.25, -0.2) is 8.42 Å². The molecule has 0 aliphatic heterocycles. The van der Waals surface area contributed by atoms with Crippen LogP contribution in [0.5, 0.6) is 0 Å². The Morgan fingerprint density at radius 1 is 1.31 bits per heavy atom. The van der Waals surface area contributed by atoms with Gasteiger partial charge < -0.3 is 5.11 Å². The molecule has 0 saturated heterocycles.